The fraction of sp³-hybridized carbons (Fsp3) is 0.355. The average Bonchev–Trinajstić information content (AvgIpc) is 3.58. The van der Waals surface area contributed by atoms with Gasteiger partial charge in [-0.2, -0.15) is 0 Å². The van der Waals surface area contributed by atoms with Crippen LogP contribution in [-0.2, 0) is 10.2 Å². The zero-order valence-corrected chi connectivity index (χ0v) is 22.3. The Balaban J connectivity index is 1.31. The molecule has 3 N–H and O–H groups in total. The number of fused-ring (bicyclic) bond motifs is 1. The van der Waals surface area contributed by atoms with E-state index in [1.807, 2.05) is 76.2 Å². The molecule has 1 aliphatic carbocycles. The van der Waals surface area contributed by atoms with E-state index in [9.17, 15) is 14.7 Å². The van der Waals surface area contributed by atoms with Gasteiger partial charge in [0, 0.05) is 11.3 Å². The summed E-state index contributed by atoms with van der Waals surface area (Å²) in [6, 6.07) is 18.6. The monoisotopic (exact) mass is 514 g/mol. The molecule has 1 fully saturated rings. The van der Waals surface area contributed by atoms with Crippen LogP contribution in [0.25, 0.3) is 11.1 Å². The number of rotatable bonds is 7. The number of aliphatic hydroxyl groups excluding tert-OH is 1. The summed E-state index contributed by atoms with van der Waals surface area (Å²) in [7, 11) is 0. The highest BCUT2D eigenvalue weighted by atomic mass is 16.7. The van der Waals surface area contributed by atoms with E-state index >= 15 is 0 Å². The van der Waals surface area contributed by atoms with Crippen molar-refractivity contribution in [1.29, 1.82) is 0 Å². The summed E-state index contributed by atoms with van der Waals surface area (Å²) >= 11 is 0. The lowest BCUT2D eigenvalue weighted by molar-refractivity contribution is -0.118. The van der Waals surface area contributed by atoms with Gasteiger partial charge in [-0.15, -0.1) is 0 Å². The highest BCUT2D eigenvalue weighted by Crippen LogP contribution is 2.51. The third-order valence-electron chi connectivity index (χ3n) is 7.60. The number of carbonyl (C=O) groups is 2. The Morgan fingerprint density at radius 1 is 0.974 bits per heavy atom. The lowest BCUT2D eigenvalue weighted by Gasteiger charge is -2.29. The van der Waals surface area contributed by atoms with Gasteiger partial charge in [-0.25, -0.2) is 0 Å². The summed E-state index contributed by atoms with van der Waals surface area (Å²) in [6.07, 6.45) is 1.57. The molecule has 1 atom stereocenters. The first-order valence-electron chi connectivity index (χ1n) is 13.0. The van der Waals surface area contributed by atoms with Crippen LogP contribution in [0.4, 0.5) is 5.69 Å². The molecule has 0 saturated heterocycles. The number of amides is 2. The highest BCUT2D eigenvalue weighted by Gasteiger charge is 2.51. The number of ether oxygens (including phenoxy) is 2. The fourth-order valence-electron chi connectivity index (χ4n) is 4.81. The van der Waals surface area contributed by atoms with E-state index in [1.54, 1.807) is 12.1 Å². The van der Waals surface area contributed by atoms with E-state index in [0.29, 0.717) is 17.1 Å². The molecule has 0 radical (unpaired) electrons. The molecule has 1 heterocycles. The quantitative estimate of drug-likeness (QED) is 0.403. The molecule has 0 spiro atoms. The average molecular weight is 515 g/mol. The normalized spacial score (nSPS) is 16.0. The summed E-state index contributed by atoms with van der Waals surface area (Å²) in [5, 5.41) is 15.7. The van der Waals surface area contributed by atoms with E-state index in [2.05, 4.69) is 10.6 Å². The molecule has 38 heavy (non-hydrogen) atoms. The number of benzene rings is 3. The Morgan fingerprint density at radius 3 is 2.34 bits per heavy atom. The van der Waals surface area contributed by atoms with E-state index in [1.165, 1.54) is 0 Å². The molecule has 5 rings (SSSR count). The molecule has 2 amide bonds. The van der Waals surface area contributed by atoms with Crippen LogP contribution >= 0.6 is 0 Å². The zero-order valence-electron chi connectivity index (χ0n) is 22.3. The molecular formula is C31H34N2O5. The maximum absolute atomic E-state index is 13.4. The molecule has 2 aliphatic rings. The summed E-state index contributed by atoms with van der Waals surface area (Å²) in [5.41, 5.74) is 4.36. The van der Waals surface area contributed by atoms with Crippen LogP contribution < -0.4 is 20.1 Å². The largest absolute Gasteiger partial charge is 0.454 e. The predicted molar refractivity (Wildman–Crippen MR) is 147 cm³/mol. The van der Waals surface area contributed by atoms with Gasteiger partial charge in [0.05, 0.1) is 18.1 Å². The number of aryl methyl sites for hydroxylation is 1. The maximum Gasteiger partial charge on any atom is 0.251 e. The van der Waals surface area contributed by atoms with Crippen molar-refractivity contribution in [3.8, 4) is 22.6 Å². The Bertz CT molecular complexity index is 1370. The SMILES string of the molecule is Cc1ccc(NC(=O)C2(c3ccc4c(c3)OCO4)CC2)cc1-c1ccc(C(=O)N[C@@H](CO)C(C)(C)C)cc1. The van der Waals surface area contributed by atoms with Crippen molar-refractivity contribution < 1.29 is 24.2 Å². The van der Waals surface area contributed by atoms with Crippen molar-refractivity contribution in [3.05, 3.63) is 77.4 Å². The minimum atomic E-state index is -0.555. The summed E-state index contributed by atoms with van der Waals surface area (Å²) in [5.74, 6) is 1.14. The Morgan fingerprint density at radius 2 is 1.68 bits per heavy atom. The predicted octanol–water partition coefficient (Wildman–Crippen LogP) is 5.20. The lowest BCUT2D eigenvalue weighted by atomic mass is 9.87. The van der Waals surface area contributed by atoms with Crippen LogP contribution in [0.2, 0.25) is 0 Å². The second-order valence-electron chi connectivity index (χ2n) is 11.3. The summed E-state index contributed by atoms with van der Waals surface area (Å²) < 4.78 is 10.9. The molecule has 1 saturated carbocycles. The van der Waals surface area contributed by atoms with Gasteiger partial charge in [0.1, 0.15) is 0 Å². The first kappa shape index (κ1) is 25.8. The number of hydrogen-bond donors (Lipinski definition) is 3. The summed E-state index contributed by atoms with van der Waals surface area (Å²) in [4.78, 5) is 26.1. The van der Waals surface area contributed by atoms with Crippen molar-refractivity contribution in [2.24, 2.45) is 5.41 Å². The molecule has 0 bridgehead atoms. The maximum atomic E-state index is 13.4. The van der Waals surface area contributed by atoms with Crippen LogP contribution in [0.3, 0.4) is 0 Å². The van der Waals surface area contributed by atoms with Crippen molar-refractivity contribution in [1.82, 2.24) is 5.32 Å². The van der Waals surface area contributed by atoms with Crippen LogP contribution in [0.1, 0.15) is 55.1 Å². The Kier molecular flexibility index (Phi) is 6.65. The number of anilines is 1. The Labute approximate surface area is 223 Å². The molecule has 198 valence electrons. The van der Waals surface area contributed by atoms with E-state index in [0.717, 1.165) is 40.8 Å². The summed E-state index contributed by atoms with van der Waals surface area (Å²) in [6.45, 7) is 8.03. The molecule has 7 heteroatoms. The van der Waals surface area contributed by atoms with Crippen LogP contribution in [0.15, 0.2) is 60.7 Å². The van der Waals surface area contributed by atoms with Crippen molar-refractivity contribution in [2.45, 2.75) is 52.0 Å². The minimum absolute atomic E-state index is 0.0320. The molecule has 7 nitrogen and oxygen atoms in total. The van der Waals surface area contributed by atoms with Gasteiger partial charge >= 0.3 is 0 Å². The van der Waals surface area contributed by atoms with Gasteiger partial charge in [-0.1, -0.05) is 45.0 Å². The minimum Gasteiger partial charge on any atom is -0.454 e. The third-order valence-corrected chi connectivity index (χ3v) is 7.60. The molecular weight excluding hydrogens is 480 g/mol. The molecule has 0 unspecified atom stereocenters. The zero-order chi connectivity index (χ0) is 27.1. The van der Waals surface area contributed by atoms with Crippen LogP contribution in [0.5, 0.6) is 11.5 Å². The van der Waals surface area contributed by atoms with E-state index < -0.39 is 5.41 Å². The van der Waals surface area contributed by atoms with Gasteiger partial charge in [-0.3, -0.25) is 9.59 Å². The highest BCUT2D eigenvalue weighted by molar-refractivity contribution is 6.02. The van der Waals surface area contributed by atoms with Gasteiger partial charge in [-0.05, 0) is 83.8 Å². The second kappa shape index (κ2) is 9.80. The van der Waals surface area contributed by atoms with Gasteiger partial charge in [0.2, 0.25) is 12.7 Å². The van der Waals surface area contributed by atoms with Crippen LogP contribution in [-0.4, -0.2) is 36.4 Å². The van der Waals surface area contributed by atoms with E-state index in [-0.39, 0.29) is 36.7 Å². The number of carbonyl (C=O) groups excluding carboxylic acids is 2. The van der Waals surface area contributed by atoms with Crippen molar-refractivity contribution >= 4 is 17.5 Å². The van der Waals surface area contributed by atoms with Gasteiger partial charge in [0.25, 0.3) is 5.91 Å². The molecule has 1 aliphatic heterocycles. The molecule has 0 aromatic heterocycles. The van der Waals surface area contributed by atoms with Crippen molar-refractivity contribution in [3.63, 3.8) is 0 Å². The number of nitrogens with one attached hydrogen (secondary N) is 2. The third kappa shape index (κ3) is 4.98. The van der Waals surface area contributed by atoms with Gasteiger partial charge < -0.3 is 25.2 Å². The van der Waals surface area contributed by atoms with Crippen LogP contribution in [0, 0.1) is 12.3 Å². The Hall–Kier alpha value is -3.84. The standard InChI is InChI=1S/C31H34N2O5/c1-19-5-11-23(32-29(36)31(13-14-31)22-10-12-25-26(15-22)38-18-37-25)16-24(19)20-6-8-21(9-7-20)28(35)33-27(17-34)30(2,3)4/h5-12,15-16,27,34H,13-14,17-18H2,1-4H3,(H,32,36)(H,33,35)/t27-/m0/s1. The second-order valence-corrected chi connectivity index (χ2v) is 11.3. The van der Waals surface area contributed by atoms with Crippen molar-refractivity contribution in [2.75, 3.05) is 18.7 Å². The van der Waals surface area contributed by atoms with E-state index in [4.69, 9.17) is 9.47 Å². The molecule has 3 aromatic carbocycles. The smallest absolute Gasteiger partial charge is 0.251 e. The number of hydrogen-bond acceptors (Lipinski definition) is 5. The first-order valence-corrected chi connectivity index (χ1v) is 13.0. The first-order chi connectivity index (χ1) is 18.1. The number of aliphatic hydroxyl groups is 1. The van der Waals surface area contributed by atoms with Gasteiger partial charge in [0.15, 0.2) is 11.5 Å². The fourth-order valence-corrected chi connectivity index (χ4v) is 4.81. The topological polar surface area (TPSA) is 96.9 Å². The lowest BCUT2D eigenvalue weighted by Crippen LogP contribution is -2.46. The molecule has 3 aromatic rings.